The van der Waals surface area contributed by atoms with Gasteiger partial charge in [-0.15, -0.1) is 0 Å². The second-order valence-electron chi connectivity index (χ2n) is 4.76. The van der Waals surface area contributed by atoms with Crippen LogP contribution in [0.5, 0.6) is 0 Å². The standard InChI is InChI=1S/C14H14N2O2/c1-16-11-7-3-2-5-9(11)13(15-16)14(18)10-6-4-8-12(10)17/h2-3,5,7,10H,4,6,8H2,1H3. The molecule has 1 aromatic heterocycles. The molecule has 4 heteroatoms. The minimum atomic E-state index is -0.469. The Balaban J connectivity index is 2.09. The fraction of sp³-hybridized carbons (Fsp3) is 0.357. The van der Waals surface area contributed by atoms with Gasteiger partial charge in [0.2, 0.25) is 0 Å². The van der Waals surface area contributed by atoms with Gasteiger partial charge < -0.3 is 0 Å². The number of fused-ring (bicyclic) bond motifs is 1. The summed E-state index contributed by atoms with van der Waals surface area (Å²) in [5.74, 6) is -0.521. The van der Waals surface area contributed by atoms with Crippen LogP contribution < -0.4 is 0 Å². The summed E-state index contributed by atoms with van der Waals surface area (Å²) in [6.07, 6.45) is 2.02. The lowest BCUT2D eigenvalue weighted by Gasteiger charge is -2.03. The van der Waals surface area contributed by atoms with Crippen LogP contribution in [-0.2, 0) is 11.8 Å². The van der Waals surface area contributed by atoms with Crippen LogP contribution in [0.4, 0.5) is 0 Å². The van der Waals surface area contributed by atoms with E-state index in [0.29, 0.717) is 18.5 Å². The Bertz CT molecular complexity index is 642. The summed E-state index contributed by atoms with van der Waals surface area (Å²) in [6.45, 7) is 0. The van der Waals surface area contributed by atoms with E-state index in [9.17, 15) is 9.59 Å². The van der Waals surface area contributed by atoms with E-state index in [4.69, 9.17) is 0 Å². The zero-order valence-electron chi connectivity index (χ0n) is 10.2. The Hall–Kier alpha value is -1.97. The molecule has 0 amide bonds. The van der Waals surface area contributed by atoms with E-state index < -0.39 is 5.92 Å². The molecule has 0 spiro atoms. The average Bonchev–Trinajstić information content (AvgIpc) is 2.94. The maximum atomic E-state index is 12.4. The van der Waals surface area contributed by atoms with Gasteiger partial charge in [-0.25, -0.2) is 0 Å². The third-order valence-electron chi connectivity index (χ3n) is 3.61. The Kier molecular flexibility index (Phi) is 2.51. The highest BCUT2D eigenvalue weighted by molar-refractivity contribution is 6.15. The largest absolute Gasteiger partial charge is 0.299 e. The summed E-state index contributed by atoms with van der Waals surface area (Å²) >= 11 is 0. The maximum Gasteiger partial charge on any atom is 0.194 e. The summed E-state index contributed by atoms with van der Waals surface area (Å²) in [5.41, 5.74) is 1.36. The van der Waals surface area contributed by atoms with Gasteiger partial charge in [0.25, 0.3) is 0 Å². The van der Waals surface area contributed by atoms with Gasteiger partial charge in [-0.1, -0.05) is 18.2 Å². The van der Waals surface area contributed by atoms with E-state index in [1.807, 2.05) is 31.3 Å². The van der Waals surface area contributed by atoms with Gasteiger partial charge in [-0.2, -0.15) is 5.10 Å². The van der Waals surface area contributed by atoms with Gasteiger partial charge in [0.15, 0.2) is 5.78 Å². The fourth-order valence-electron chi connectivity index (χ4n) is 2.65. The van der Waals surface area contributed by atoms with Gasteiger partial charge in [0.1, 0.15) is 11.5 Å². The molecule has 0 aliphatic heterocycles. The number of aromatic nitrogens is 2. The lowest BCUT2D eigenvalue weighted by Crippen LogP contribution is -2.19. The predicted molar refractivity (Wildman–Crippen MR) is 67.4 cm³/mol. The van der Waals surface area contributed by atoms with Crippen LogP contribution in [0.2, 0.25) is 0 Å². The van der Waals surface area contributed by atoms with Crippen molar-refractivity contribution in [2.24, 2.45) is 13.0 Å². The minimum Gasteiger partial charge on any atom is -0.299 e. The minimum absolute atomic E-state index is 0.0646. The van der Waals surface area contributed by atoms with Gasteiger partial charge in [-0.3, -0.25) is 14.3 Å². The van der Waals surface area contributed by atoms with Crippen LogP contribution in [0.1, 0.15) is 29.8 Å². The van der Waals surface area contributed by atoms with Crippen LogP contribution >= 0.6 is 0 Å². The molecular formula is C14H14N2O2. The quantitative estimate of drug-likeness (QED) is 0.598. The third kappa shape index (κ3) is 1.56. The number of carbonyl (C=O) groups excluding carboxylic acids is 2. The number of hydrogen-bond acceptors (Lipinski definition) is 3. The molecule has 1 heterocycles. The lowest BCUT2D eigenvalue weighted by molar-refractivity contribution is -0.119. The molecule has 1 aliphatic carbocycles. The number of aryl methyl sites for hydroxylation is 1. The molecule has 0 radical (unpaired) electrons. The fourth-order valence-corrected chi connectivity index (χ4v) is 2.65. The molecule has 1 atom stereocenters. The van der Waals surface area contributed by atoms with Crippen LogP contribution in [-0.4, -0.2) is 21.3 Å². The second-order valence-corrected chi connectivity index (χ2v) is 4.76. The highest BCUT2D eigenvalue weighted by Crippen LogP contribution is 2.27. The predicted octanol–water partition coefficient (Wildman–Crippen LogP) is 2.13. The molecule has 18 heavy (non-hydrogen) atoms. The number of Topliss-reactive ketones (excluding diaryl/α,β-unsaturated/α-hetero) is 2. The van der Waals surface area contributed by atoms with Crippen molar-refractivity contribution in [2.45, 2.75) is 19.3 Å². The Morgan fingerprint density at radius 1 is 1.39 bits per heavy atom. The molecule has 1 fully saturated rings. The summed E-state index contributed by atoms with van der Waals surface area (Å²) in [7, 11) is 1.82. The number of carbonyl (C=O) groups is 2. The van der Waals surface area contributed by atoms with Crippen molar-refractivity contribution < 1.29 is 9.59 Å². The lowest BCUT2D eigenvalue weighted by atomic mass is 9.97. The molecule has 92 valence electrons. The van der Waals surface area contributed by atoms with Crippen molar-refractivity contribution in [1.29, 1.82) is 0 Å². The molecule has 0 saturated heterocycles. The molecule has 1 aliphatic rings. The summed E-state index contributed by atoms with van der Waals surface area (Å²) in [4.78, 5) is 24.1. The van der Waals surface area contributed by atoms with Gasteiger partial charge in [0, 0.05) is 18.9 Å². The number of rotatable bonds is 2. The van der Waals surface area contributed by atoms with E-state index in [1.54, 1.807) is 4.68 Å². The van der Waals surface area contributed by atoms with Gasteiger partial charge >= 0.3 is 0 Å². The van der Waals surface area contributed by atoms with E-state index in [1.165, 1.54) is 0 Å². The second kappa shape index (κ2) is 4.05. The highest BCUT2D eigenvalue weighted by atomic mass is 16.2. The van der Waals surface area contributed by atoms with Crippen LogP contribution in [0, 0.1) is 5.92 Å². The number of nitrogens with zero attached hydrogens (tertiary/aromatic N) is 2. The molecule has 0 bridgehead atoms. The topological polar surface area (TPSA) is 52.0 Å². The smallest absolute Gasteiger partial charge is 0.194 e. The van der Waals surface area contributed by atoms with Crippen molar-refractivity contribution in [3.05, 3.63) is 30.0 Å². The average molecular weight is 242 g/mol. The Morgan fingerprint density at radius 3 is 2.89 bits per heavy atom. The van der Waals surface area contributed by atoms with Crippen molar-refractivity contribution in [2.75, 3.05) is 0 Å². The molecule has 1 unspecified atom stereocenters. The first-order valence-electron chi connectivity index (χ1n) is 6.17. The van der Waals surface area contributed by atoms with Crippen LogP contribution in [0.15, 0.2) is 24.3 Å². The monoisotopic (exact) mass is 242 g/mol. The number of benzene rings is 1. The highest BCUT2D eigenvalue weighted by Gasteiger charge is 2.33. The maximum absolute atomic E-state index is 12.4. The van der Waals surface area contributed by atoms with Gasteiger partial charge in [-0.05, 0) is 18.9 Å². The van der Waals surface area contributed by atoms with Crippen LogP contribution in [0.25, 0.3) is 10.9 Å². The van der Waals surface area contributed by atoms with E-state index in [0.717, 1.165) is 17.3 Å². The normalized spacial score (nSPS) is 19.6. The zero-order chi connectivity index (χ0) is 12.7. The van der Waals surface area contributed by atoms with Crippen molar-refractivity contribution in [3.8, 4) is 0 Å². The molecule has 4 nitrogen and oxygen atoms in total. The van der Waals surface area contributed by atoms with Crippen molar-refractivity contribution in [3.63, 3.8) is 0 Å². The third-order valence-corrected chi connectivity index (χ3v) is 3.61. The first kappa shape index (κ1) is 11.1. The molecular weight excluding hydrogens is 228 g/mol. The van der Waals surface area contributed by atoms with E-state index in [2.05, 4.69) is 5.10 Å². The summed E-state index contributed by atoms with van der Waals surface area (Å²) in [6, 6.07) is 7.61. The number of ketones is 2. The molecule has 2 aromatic rings. The Labute approximate surface area is 105 Å². The molecule has 1 aromatic carbocycles. The molecule has 1 saturated carbocycles. The van der Waals surface area contributed by atoms with E-state index in [-0.39, 0.29) is 11.6 Å². The van der Waals surface area contributed by atoms with Crippen molar-refractivity contribution >= 4 is 22.5 Å². The first-order chi connectivity index (χ1) is 8.68. The Morgan fingerprint density at radius 2 is 2.17 bits per heavy atom. The molecule has 0 N–H and O–H groups in total. The van der Waals surface area contributed by atoms with E-state index >= 15 is 0 Å². The SMILES string of the molecule is Cn1nc(C(=O)C2CCCC2=O)c2ccccc21. The number of para-hydroxylation sites is 1. The molecule has 3 rings (SSSR count). The van der Waals surface area contributed by atoms with Gasteiger partial charge in [0.05, 0.1) is 11.4 Å². The van der Waals surface area contributed by atoms with Crippen LogP contribution in [0.3, 0.4) is 0 Å². The van der Waals surface area contributed by atoms with Crippen molar-refractivity contribution in [1.82, 2.24) is 9.78 Å². The first-order valence-corrected chi connectivity index (χ1v) is 6.17. The number of hydrogen-bond donors (Lipinski definition) is 0. The zero-order valence-corrected chi connectivity index (χ0v) is 10.2. The summed E-state index contributed by atoms with van der Waals surface area (Å²) < 4.78 is 1.70. The summed E-state index contributed by atoms with van der Waals surface area (Å²) in [5, 5.41) is 5.12.